The highest BCUT2D eigenvalue weighted by Gasteiger charge is 2.04. The first-order valence-corrected chi connectivity index (χ1v) is 7.44. The number of benzene rings is 1. The lowest BCUT2D eigenvalue weighted by Crippen LogP contribution is -2.28. The zero-order valence-electron chi connectivity index (χ0n) is 9.87. The molecule has 2 aromatic rings. The number of halogens is 1. The number of amides is 2. The minimum absolute atomic E-state index is 0.173. The van der Waals surface area contributed by atoms with Gasteiger partial charge in [0.15, 0.2) is 0 Å². The van der Waals surface area contributed by atoms with Crippen molar-refractivity contribution in [3.8, 4) is 0 Å². The third kappa shape index (κ3) is 3.71. The van der Waals surface area contributed by atoms with Gasteiger partial charge in [-0.15, -0.1) is 11.3 Å². The van der Waals surface area contributed by atoms with E-state index in [9.17, 15) is 4.79 Å². The molecule has 0 aliphatic rings. The Morgan fingerprint density at radius 3 is 2.89 bits per heavy atom. The largest absolute Gasteiger partial charge is 0.333 e. The summed E-state index contributed by atoms with van der Waals surface area (Å²) in [5, 5.41) is 7.68. The Morgan fingerprint density at radius 1 is 1.39 bits per heavy atom. The Labute approximate surface area is 124 Å². The van der Waals surface area contributed by atoms with Gasteiger partial charge in [-0.2, -0.15) is 0 Å². The molecule has 0 spiro atoms. The predicted molar refractivity (Wildman–Crippen MR) is 84.1 cm³/mol. The highest BCUT2D eigenvalue weighted by Crippen LogP contribution is 2.17. The van der Waals surface area contributed by atoms with E-state index in [4.69, 9.17) is 0 Å². The van der Waals surface area contributed by atoms with Gasteiger partial charge in [-0.25, -0.2) is 4.79 Å². The van der Waals surface area contributed by atoms with Gasteiger partial charge in [-0.1, -0.05) is 6.07 Å². The molecule has 1 aromatic heterocycles. The van der Waals surface area contributed by atoms with Crippen LogP contribution in [0, 0.1) is 10.5 Å². The lowest BCUT2D eigenvalue weighted by atomic mass is 10.2. The number of aryl methyl sites for hydroxylation is 1. The maximum absolute atomic E-state index is 11.7. The van der Waals surface area contributed by atoms with E-state index in [0.717, 1.165) is 19.7 Å². The van der Waals surface area contributed by atoms with Gasteiger partial charge < -0.3 is 10.6 Å². The summed E-state index contributed by atoms with van der Waals surface area (Å²) in [6.45, 7) is 2.55. The Hall–Kier alpha value is -1.08. The zero-order valence-corrected chi connectivity index (χ0v) is 12.8. The predicted octanol–water partition coefficient (Wildman–Crippen LogP) is 3.98. The van der Waals surface area contributed by atoms with Crippen molar-refractivity contribution < 1.29 is 4.79 Å². The summed E-state index contributed by atoms with van der Waals surface area (Å²) in [5.74, 6) is 0. The normalized spacial score (nSPS) is 10.1. The Morgan fingerprint density at radius 2 is 2.22 bits per heavy atom. The molecule has 0 radical (unpaired) electrons. The second-order valence-corrected chi connectivity index (χ2v) is 6.12. The molecule has 0 fully saturated rings. The molecular weight excluding hydrogens is 359 g/mol. The molecule has 2 N–H and O–H groups in total. The number of nitrogens with one attached hydrogen (secondary N) is 2. The van der Waals surface area contributed by atoms with E-state index >= 15 is 0 Å². The third-order valence-corrected chi connectivity index (χ3v) is 3.99. The van der Waals surface area contributed by atoms with E-state index in [1.54, 1.807) is 11.3 Å². The number of urea groups is 1. The number of hydrogen-bond donors (Lipinski definition) is 2. The molecule has 5 heteroatoms. The monoisotopic (exact) mass is 372 g/mol. The number of anilines is 1. The Balaban J connectivity index is 1.91. The van der Waals surface area contributed by atoms with Crippen LogP contribution in [0.1, 0.15) is 10.4 Å². The Kier molecular flexibility index (Phi) is 4.60. The van der Waals surface area contributed by atoms with Crippen LogP contribution in [0.5, 0.6) is 0 Å². The second kappa shape index (κ2) is 6.19. The van der Waals surface area contributed by atoms with Crippen LogP contribution < -0.4 is 10.6 Å². The summed E-state index contributed by atoms with van der Waals surface area (Å²) in [7, 11) is 0. The number of thiophene rings is 1. The molecule has 0 aliphatic heterocycles. The van der Waals surface area contributed by atoms with E-state index in [2.05, 4.69) is 33.2 Å². The summed E-state index contributed by atoms with van der Waals surface area (Å²) < 4.78 is 1.16. The van der Waals surface area contributed by atoms with Gasteiger partial charge in [-0.05, 0) is 64.7 Å². The minimum atomic E-state index is -0.173. The maximum Gasteiger partial charge on any atom is 0.319 e. The molecule has 0 aliphatic carbocycles. The lowest BCUT2D eigenvalue weighted by molar-refractivity contribution is 0.252. The highest BCUT2D eigenvalue weighted by atomic mass is 127. The first-order chi connectivity index (χ1) is 8.65. The van der Waals surface area contributed by atoms with Gasteiger partial charge in [0.05, 0.1) is 6.54 Å². The molecule has 1 heterocycles. The molecule has 2 amide bonds. The molecule has 94 valence electrons. The second-order valence-electron chi connectivity index (χ2n) is 3.85. The van der Waals surface area contributed by atoms with Crippen molar-refractivity contribution in [2.75, 3.05) is 5.32 Å². The number of rotatable bonds is 3. The fourth-order valence-electron chi connectivity index (χ4n) is 1.51. The van der Waals surface area contributed by atoms with E-state index in [0.29, 0.717) is 6.54 Å². The maximum atomic E-state index is 11.7. The van der Waals surface area contributed by atoms with Crippen LogP contribution in [0.3, 0.4) is 0 Å². The average molecular weight is 372 g/mol. The van der Waals surface area contributed by atoms with Crippen LogP contribution in [-0.4, -0.2) is 6.03 Å². The number of carbonyl (C=O) groups is 1. The first-order valence-electron chi connectivity index (χ1n) is 5.48. The van der Waals surface area contributed by atoms with Gasteiger partial charge in [0.1, 0.15) is 0 Å². The molecule has 1 aromatic carbocycles. The molecule has 0 saturated carbocycles. The summed E-state index contributed by atoms with van der Waals surface area (Å²) in [4.78, 5) is 12.9. The summed E-state index contributed by atoms with van der Waals surface area (Å²) in [5.41, 5.74) is 1.91. The highest BCUT2D eigenvalue weighted by molar-refractivity contribution is 14.1. The van der Waals surface area contributed by atoms with Crippen molar-refractivity contribution in [3.63, 3.8) is 0 Å². The summed E-state index contributed by atoms with van der Waals surface area (Å²) >= 11 is 3.89. The smallest absolute Gasteiger partial charge is 0.319 e. The van der Waals surface area contributed by atoms with E-state index in [1.165, 1.54) is 0 Å². The van der Waals surface area contributed by atoms with Crippen molar-refractivity contribution in [2.45, 2.75) is 13.5 Å². The van der Waals surface area contributed by atoms with Gasteiger partial charge in [0, 0.05) is 14.1 Å². The van der Waals surface area contributed by atoms with Crippen LogP contribution in [0.4, 0.5) is 10.5 Å². The zero-order chi connectivity index (χ0) is 13.0. The molecule has 3 nitrogen and oxygen atoms in total. The van der Waals surface area contributed by atoms with Gasteiger partial charge in [0.25, 0.3) is 0 Å². The molecule has 2 rings (SSSR count). The molecule has 0 unspecified atom stereocenters. The van der Waals surface area contributed by atoms with E-state index in [-0.39, 0.29) is 6.03 Å². The summed E-state index contributed by atoms with van der Waals surface area (Å²) in [6, 6.07) is 9.73. The van der Waals surface area contributed by atoms with Crippen LogP contribution in [0.15, 0.2) is 35.7 Å². The standard InChI is InChI=1S/C13H13IN2OS/c1-9-7-10(14)4-5-12(9)16-13(17)15-8-11-3-2-6-18-11/h2-7H,8H2,1H3,(H2,15,16,17). The molecule has 0 saturated heterocycles. The van der Waals surface area contributed by atoms with Crippen molar-refractivity contribution >= 4 is 45.6 Å². The van der Waals surface area contributed by atoms with Crippen molar-refractivity contribution in [1.29, 1.82) is 0 Å². The molecule has 18 heavy (non-hydrogen) atoms. The van der Waals surface area contributed by atoms with Crippen LogP contribution >= 0.6 is 33.9 Å². The average Bonchev–Trinajstić information content (AvgIpc) is 2.83. The molecule has 0 atom stereocenters. The third-order valence-electron chi connectivity index (χ3n) is 2.44. The minimum Gasteiger partial charge on any atom is -0.333 e. The lowest BCUT2D eigenvalue weighted by Gasteiger charge is -2.09. The fraction of sp³-hybridized carbons (Fsp3) is 0.154. The SMILES string of the molecule is Cc1cc(I)ccc1NC(=O)NCc1cccs1. The molecular formula is C13H13IN2OS. The topological polar surface area (TPSA) is 41.1 Å². The number of carbonyl (C=O) groups excluding carboxylic acids is 1. The van der Waals surface area contributed by atoms with Gasteiger partial charge in [0.2, 0.25) is 0 Å². The van der Waals surface area contributed by atoms with Gasteiger partial charge in [-0.3, -0.25) is 0 Å². The van der Waals surface area contributed by atoms with E-state index in [1.807, 2.05) is 42.6 Å². The van der Waals surface area contributed by atoms with Crippen LogP contribution in [0.25, 0.3) is 0 Å². The fourth-order valence-corrected chi connectivity index (χ4v) is 2.81. The van der Waals surface area contributed by atoms with E-state index < -0.39 is 0 Å². The molecule has 0 bridgehead atoms. The quantitative estimate of drug-likeness (QED) is 0.787. The Bertz CT molecular complexity index is 540. The summed E-state index contributed by atoms with van der Waals surface area (Å²) in [6.07, 6.45) is 0. The number of hydrogen-bond acceptors (Lipinski definition) is 2. The van der Waals surface area contributed by atoms with Crippen molar-refractivity contribution in [1.82, 2.24) is 5.32 Å². The van der Waals surface area contributed by atoms with Crippen molar-refractivity contribution in [3.05, 3.63) is 49.7 Å². The van der Waals surface area contributed by atoms with Crippen LogP contribution in [0.2, 0.25) is 0 Å². The first kappa shape index (κ1) is 13.4. The van der Waals surface area contributed by atoms with Gasteiger partial charge >= 0.3 is 6.03 Å². The van der Waals surface area contributed by atoms with Crippen LogP contribution in [-0.2, 0) is 6.54 Å². The van der Waals surface area contributed by atoms with Crippen molar-refractivity contribution in [2.24, 2.45) is 0 Å².